The maximum Gasteiger partial charge on any atom is 1.00 e. The number of fused-ring (bicyclic) bond motifs is 1. The number of aryl methyl sites for hydroxylation is 1. The summed E-state index contributed by atoms with van der Waals surface area (Å²) in [4.78, 5) is 38.3. The number of carbonyl (C=O) groups is 3. The number of halogens is 1. The molecule has 0 bridgehead atoms. The molecule has 0 spiro atoms. The molecule has 2 aliphatic rings. The summed E-state index contributed by atoms with van der Waals surface area (Å²) in [5.41, 5.74) is 0.996. The van der Waals surface area contributed by atoms with Gasteiger partial charge in [0.1, 0.15) is 28.4 Å². The van der Waals surface area contributed by atoms with Crippen molar-refractivity contribution in [2.45, 2.75) is 43.0 Å². The molecule has 4 rings (SSSR count). The van der Waals surface area contributed by atoms with E-state index >= 15 is 0 Å². The minimum Gasteiger partial charge on any atom is -0.548 e. The van der Waals surface area contributed by atoms with Gasteiger partial charge in [-0.3, -0.25) is 9.59 Å². The average Bonchev–Trinajstić information content (AvgIpc) is 3.15. The minimum absolute atomic E-state index is 0. The first-order valence-electron chi connectivity index (χ1n) is 8.86. The van der Waals surface area contributed by atoms with Crippen molar-refractivity contribution in [2.75, 3.05) is 0 Å². The topological polar surface area (TPSA) is 147 Å². The van der Waals surface area contributed by atoms with Gasteiger partial charge in [0.05, 0.1) is 17.0 Å². The third kappa shape index (κ3) is 4.80. The number of amides is 2. The smallest absolute Gasteiger partial charge is 0.548 e. The van der Waals surface area contributed by atoms with Gasteiger partial charge in [-0.1, -0.05) is 35.0 Å². The van der Waals surface area contributed by atoms with Crippen LogP contribution in [0.3, 0.4) is 0 Å². The molecule has 2 aliphatic heterocycles. The number of aromatic nitrogens is 1. The number of rotatable bonds is 4. The summed E-state index contributed by atoms with van der Waals surface area (Å²) in [7, 11) is 0. The summed E-state index contributed by atoms with van der Waals surface area (Å²) in [6, 6.07) is 5.02. The molecule has 1 aromatic heterocycles. The van der Waals surface area contributed by atoms with Gasteiger partial charge in [0.15, 0.2) is 0 Å². The van der Waals surface area contributed by atoms with Crippen LogP contribution in [0, 0.1) is 6.92 Å². The molecule has 2 aromatic rings. The summed E-state index contributed by atoms with van der Waals surface area (Å²) in [6.45, 7) is 5.07. The maximum absolute atomic E-state index is 13.0. The molecule has 0 radical (unpaired) electrons. The number of thioether (sulfide) groups is 1. The Labute approximate surface area is 237 Å². The van der Waals surface area contributed by atoms with Gasteiger partial charge in [0, 0.05) is 10.3 Å². The van der Waals surface area contributed by atoms with Crippen molar-refractivity contribution in [3.63, 3.8) is 0 Å². The van der Waals surface area contributed by atoms with E-state index in [1.165, 1.54) is 16.7 Å². The number of benzene rings is 1. The van der Waals surface area contributed by atoms with Crippen molar-refractivity contribution in [1.82, 2.24) is 15.4 Å². The molecule has 0 unspecified atom stereocenters. The van der Waals surface area contributed by atoms with Crippen LogP contribution in [0.5, 0.6) is 0 Å². The molecule has 3 heterocycles. The number of nitrogens with zero attached hydrogens (tertiary/aromatic N) is 2. The first-order chi connectivity index (χ1) is 13.6. The fraction of sp³-hybridized carbons (Fsp3) is 0.368. The van der Waals surface area contributed by atoms with E-state index in [0.29, 0.717) is 10.6 Å². The van der Waals surface area contributed by atoms with Gasteiger partial charge >= 0.3 is 59.1 Å². The van der Waals surface area contributed by atoms with E-state index < -0.39 is 40.0 Å². The van der Waals surface area contributed by atoms with Gasteiger partial charge in [0.2, 0.25) is 5.91 Å². The molecule has 160 valence electrons. The second-order valence-electron chi connectivity index (χ2n) is 7.47. The van der Waals surface area contributed by atoms with Crippen molar-refractivity contribution in [3.05, 3.63) is 40.6 Å². The van der Waals surface area contributed by atoms with Crippen LogP contribution in [0.15, 0.2) is 28.8 Å². The van der Waals surface area contributed by atoms with E-state index in [0.717, 1.165) is 0 Å². The van der Waals surface area contributed by atoms with Gasteiger partial charge in [-0.05, 0) is 26.8 Å². The standard InChI is InChI=1S/C19H18ClN3O5S.2Na.H2O/c1-8-11(12(22-28-8)9-6-4-5-7-10(9)20)15(24)21-13-16(25)23-14(18(26)27)19(2,3)29-17(13)23;;;/h4-7,13-14,17H,1-3H3,(H,21,24)(H,26,27);;;1H2/q;2*+1;/p-1/t13-,14+,17-;;;/m1.../s1. The van der Waals surface area contributed by atoms with Crippen LogP contribution in [0.1, 0.15) is 30.0 Å². The Morgan fingerprint density at radius 1 is 1.28 bits per heavy atom. The summed E-state index contributed by atoms with van der Waals surface area (Å²) in [5, 5.41) is 18.1. The molecule has 2 fully saturated rings. The Bertz CT molecular complexity index is 1050. The van der Waals surface area contributed by atoms with E-state index in [1.54, 1.807) is 45.0 Å². The maximum atomic E-state index is 13.0. The number of carboxylic acids is 1. The second kappa shape index (κ2) is 10.8. The summed E-state index contributed by atoms with van der Waals surface area (Å²) in [5.74, 6) is -2.01. The van der Waals surface area contributed by atoms with Crippen molar-refractivity contribution >= 4 is 41.1 Å². The van der Waals surface area contributed by atoms with Crippen LogP contribution in [-0.2, 0) is 9.59 Å². The Morgan fingerprint density at radius 3 is 2.50 bits per heavy atom. The Morgan fingerprint density at radius 2 is 1.91 bits per heavy atom. The Hall–Kier alpha value is -0.560. The Kier molecular flexibility index (Phi) is 9.94. The van der Waals surface area contributed by atoms with E-state index in [2.05, 4.69) is 10.5 Å². The molecule has 0 aliphatic carbocycles. The van der Waals surface area contributed by atoms with Crippen LogP contribution in [0.2, 0.25) is 5.02 Å². The Balaban J connectivity index is 0.00000171. The number of carbonyl (C=O) groups excluding carboxylic acids is 3. The molecule has 2 saturated heterocycles. The fourth-order valence-corrected chi connectivity index (χ4v) is 5.66. The number of hydrogen-bond donors (Lipinski definition) is 1. The third-order valence-electron chi connectivity index (χ3n) is 5.17. The van der Waals surface area contributed by atoms with Crippen molar-refractivity contribution in [1.29, 1.82) is 0 Å². The zero-order valence-electron chi connectivity index (χ0n) is 18.3. The summed E-state index contributed by atoms with van der Waals surface area (Å²) < 4.78 is 4.47. The van der Waals surface area contributed by atoms with E-state index in [9.17, 15) is 19.5 Å². The van der Waals surface area contributed by atoms with Crippen molar-refractivity contribution < 1.29 is 88.6 Å². The van der Waals surface area contributed by atoms with Gasteiger partial charge in [0.25, 0.3) is 5.91 Å². The summed E-state index contributed by atoms with van der Waals surface area (Å²) in [6.07, 6.45) is 0. The third-order valence-corrected chi connectivity index (χ3v) is 7.07. The zero-order valence-corrected chi connectivity index (χ0v) is 23.8. The van der Waals surface area contributed by atoms with Crippen LogP contribution in [0.25, 0.3) is 11.3 Å². The number of hydrogen-bond acceptors (Lipinski definition) is 7. The normalized spacial score (nSPS) is 22.4. The van der Waals surface area contributed by atoms with Gasteiger partial charge < -0.3 is 30.1 Å². The molecular weight excluding hydrogens is 480 g/mol. The SMILES string of the molecule is Cc1onc(-c2ccccc2Cl)c1C(=O)N[C@@H]1C(=O)N2[C@@H]1SC(C)(C)[C@@H]2C(=O)[O-].O.[Na+].[Na+]. The van der Waals surface area contributed by atoms with Gasteiger partial charge in [-0.15, -0.1) is 11.8 Å². The zero-order chi connectivity index (χ0) is 21.1. The number of β-lactam (4-membered cyclic amide) rings is 1. The fourth-order valence-electron chi connectivity index (χ4n) is 3.82. The minimum atomic E-state index is -1.31. The molecule has 0 saturated carbocycles. The predicted octanol–water partition coefficient (Wildman–Crippen LogP) is -5.60. The molecule has 9 nitrogen and oxygen atoms in total. The first kappa shape index (κ1) is 29.5. The van der Waals surface area contributed by atoms with Crippen LogP contribution < -0.4 is 69.5 Å². The number of carboxylic acid groups (broad SMARTS) is 1. The molecule has 32 heavy (non-hydrogen) atoms. The van der Waals surface area contributed by atoms with Crippen LogP contribution >= 0.6 is 23.4 Å². The average molecular weight is 499 g/mol. The molecule has 2 amide bonds. The summed E-state index contributed by atoms with van der Waals surface area (Å²) >= 11 is 7.54. The van der Waals surface area contributed by atoms with Gasteiger partial charge in [-0.2, -0.15) is 0 Å². The largest absolute Gasteiger partial charge is 1.00 e. The van der Waals surface area contributed by atoms with Gasteiger partial charge in [-0.25, -0.2) is 0 Å². The van der Waals surface area contributed by atoms with Crippen LogP contribution in [-0.4, -0.2) is 55.5 Å². The van der Waals surface area contributed by atoms with Crippen molar-refractivity contribution in [3.8, 4) is 11.3 Å². The molecule has 3 N–H and O–H groups in total. The van der Waals surface area contributed by atoms with Crippen LogP contribution in [0.4, 0.5) is 0 Å². The molecular formula is C19H19ClN3Na2O6S+. The number of nitrogens with one attached hydrogen (secondary N) is 1. The van der Waals surface area contributed by atoms with E-state index in [-0.39, 0.29) is 81.6 Å². The molecule has 3 atom stereocenters. The predicted molar refractivity (Wildman–Crippen MR) is 108 cm³/mol. The number of aliphatic carboxylic acids is 1. The second-order valence-corrected chi connectivity index (χ2v) is 9.65. The quantitative estimate of drug-likeness (QED) is 0.326. The van der Waals surface area contributed by atoms with E-state index in [4.69, 9.17) is 16.1 Å². The monoisotopic (exact) mass is 498 g/mol. The van der Waals surface area contributed by atoms with E-state index in [1.807, 2.05) is 0 Å². The molecule has 13 heteroatoms. The molecule has 1 aromatic carbocycles. The van der Waals surface area contributed by atoms with Crippen molar-refractivity contribution in [2.24, 2.45) is 0 Å². The first-order valence-corrected chi connectivity index (χ1v) is 10.1.